The highest BCUT2D eigenvalue weighted by molar-refractivity contribution is 5.80. The van der Waals surface area contributed by atoms with Gasteiger partial charge in [-0.15, -0.1) is 0 Å². The number of aliphatic hydroxyl groups is 3. The summed E-state index contributed by atoms with van der Waals surface area (Å²) in [6.07, 6.45) is 39.5. The van der Waals surface area contributed by atoms with E-state index in [1.807, 2.05) is 6.08 Å². The van der Waals surface area contributed by atoms with Crippen molar-refractivity contribution in [2.24, 2.45) is 0 Å². The molecule has 0 aliphatic carbocycles. The molecule has 0 saturated carbocycles. The van der Waals surface area contributed by atoms with Gasteiger partial charge in [0, 0.05) is 0 Å². The summed E-state index contributed by atoms with van der Waals surface area (Å²) in [7, 11) is 0. The molecular weight excluding hydrogens is 546 g/mol. The van der Waals surface area contributed by atoms with Gasteiger partial charge >= 0.3 is 0 Å². The molecule has 0 aromatic carbocycles. The van der Waals surface area contributed by atoms with E-state index in [0.29, 0.717) is 6.42 Å². The van der Waals surface area contributed by atoms with E-state index in [1.54, 1.807) is 6.08 Å². The molecule has 3 unspecified atom stereocenters. The first kappa shape index (κ1) is 43.1. The minimum Gasteiger partial charge on any atom is -0.394 e. The fraction of sp³-hybridized carbons (Fsp3) is 0.923. The molecule has 262 valence electrons. The van der Waals surface area contributed by atoms with E-state index in [-0.39, 0.29) is 6.61 Å². The maximum Gasteiger partial charge on any atom is 0.249 e. The van der Waals surface area contributed by atoms with Crippen LogP contribution in [-0.2, 0) is 4.79 Å². The molecule has 0 aliphatic heterocycles. The lowest BCUT2D eigenvalue weighted by atomic mass is 10.0. The van der Waals surface area contributed by atoms with Crippen LogP contribution in [0.5, 0.6) is 0 Å². The predicted molar refractivity (Wildman–Crippen MR) is 190 cm³/mol. The van der Waals surface area contributed by atoms with Crippen LogP contribution in [0.25, 0.3) is 0 Å². The largest absolute Gasteiger partial charge is 0.394 e. The Bertz CT molecular complexity index is 611. The molecular formula is C39H77NO4. The Morgan fingerprint density at radius 2 is 0.886 bits per heavy atom. The summed E-state index contributed by atoms with van der Waals surface area (Å²) in [4.78, 5) is 12.4. The summed E-state index contributed by atoms with van der Waals surface area (Å²) < 4.78 is 0. The zero-order chi connectivity index (χ0) is 32.4. The van der Waals surface area contributed by atoms with Crippen molar-refractivity contribution in [3.05, 3.63) is 12.2 Å². The normalized spacial score (nSPS) is 13.8. The zero-order valence-electron chi connectivity index (χ0n) is 29.6. The lowest BCUT2D eigenvalue weighted by Crippen LogP contribution is -2.48. The minimum absolute atomic E-state index is 0.360. The molecule has 1 amide bonds. The van der Waals surface area contributed by atoms with Crippen LogP contribution in [0, 0.1) is 0 Å². The SMILES string of the molecule is CCCCCCCCCC/C=C/C(O)C(CO)NC(=O)C(O)CCCCCCCCCCCCCCCCCCCCCC. The number of hydrogen-bond donors (Lipinski definition) is 4. The summed E-state index contributed by atoms with van der Waals surface area (Å²) in [6, 6.07) is -0.790. The first-order valence-corrected chi connectivity index (χ1v) is 19.5. The molecule has 0 bridgehead atoms. The van der Waals surface area contributed by atoms with E-state index in [0.717, 1.165) is 32.1 Å². The van der Waals surface area contributed by atoms with Gasteiger partial charge in [-0.1, -0.05) is 199 Å². The summed E-state index contributed by atoms with van der Waals surface area (Å²) in [5.74, 6) is -0.502. The maximum atomic E-state index is 12.4. The Balaban J connectivity index is 3.62. The number of allylic oxidation sites excluding steroid dienone is 1. The molecule has 0 radical (unpaired) electrons. The van der Waals surface area contributed by atoms with Crippen LogP contribution >= 0.6 is 0 Å². The Morgan fingerprint density at radius 3 is 1.25 bits per heavy atom. The molecule has 0 fully saturated rings. The van der Waals surface area contributed by atoms with Crippen LogP contribution in [0.3, 0.4) is 0 Å². The summed E-state index contributed by atoms with van der Waals surface area (Å²) in [5.41, 5.74) is 0. The molecule has 3 atom stereocenters. The fourth-order valence-electron chi connectivity index (χ4n) is 6.01. The molecule has 0 rings (SSSR count). The Labute approximate surface area is 274 Å². The second-order valence-corrected chi connectivity index (χ2v) is 13.5. The third-order valence-corrected chi connectivity index (χ3v) is 9.13. The molecule has 0 aromatic rings. The highest BCUT2D eigenvalue weighted by Crippen LogP contribution is 2.16. The predicted octanol–water partition coefficient (Wildman–Crippen LogP) is 10.5. The van der Waals surface area contributed by atoms with Crippen molar-refractivity contribution >= 4 is 5.91 Å². The van der Waals surface area contributed by atoms with E-state index in [1.165, 1.54) is 154 Å². The van der Waals surface area contributed by atoms with E-state index < -0.39 is 24.2 Å². The van der Waals surface area contributed by atoms with Crippen LogP contribution in [0.1, 0.15) is 206 Å². The van der Waals surface area contributed by atoms with Crippen LogP contribution in [-0.4, -0.2) is 46.1 Å². The third-order valence-electron chi connectivity index (χ3n) is 9.13. The Hall–Kier alpha value is -0.910. The fourth-order valence-corrected chi connectivity index (χ4v) is 6.01. The molecule has 5 heteroatoms. The summed E-state index contributed by atoms with van der Waals surface area (Å²) in [5, 5.41) is 32.9. The number of aliphatic hydroxyl groups excluding tert-OH is 3. The number of hydrogen-bond acceptors (Lipinski definition) is 4. The quantitative estimate of drug-likeness (QED) is 0.0418. The van der Waals surface area contributed by atoms with E-state index >= 15 is 0 Å². The van der Waals surface area contributed by atoms with Gasteiger partial charge in [0.25, 0.3) is 0 Å². The summed E-state index contributed by atoms with van der Waals surface area (Å²) >= 11 is 0. The van der Waals surface area contributed by atoms with Crippen molar-refractivity contribution < 1.29 is 20.1 Å². The van der Waals surface area contributed by atoms with Crippen LogP contribution in [0.15, 0.2) is 12.2 Å². The van der Waals surface area contributed by atoms with Crippen molar-refractivity contribution in [2.45, 2.75) is 225 Å². The lowest BCUT2D eigenvalue weighted by molar-refractivity contribution is -0.131. The second kappa shape index (κ2) is 35.0. The molecule has 0 aliphatic rings. The minimum atomic E-state index is -1.09. The van der Waals surface area contributed by atoms with Crippen LogP contribution in [0.4, 0.5) is 0 Å². The smallest absolute Gasteiger partial charge is 0.249 e. The number of nitrogens with one attached hydrogen (secondary N) is 1. The van der Waals surface area contributed by atoms with Crippen LogP contribution in [0.2, 0.25) is 0 Å². The Kier molecular flexibility index (Phi) is 34.2. The van der Waals surface area contributed by atoms with Crippen molar-refractivity contribution in [1.29, 1.82) is 0 Å². The van der Waals surface area contributed by atoms with Crippen molar-refractivity contribution in [2.75, 3.05) is 6.61 Å². The molecule has 0 spiro atoms. The maximum absolute atomic E-state index is 12.4. The van der Waals surface area contributed by atoms with Gasteiger partial charge in [0.2, 0.25) is 5.91 Å². The highest BCUT2D eigenvalue weighted by Gasteiger charge is 2.22. The molecule has 0 heterocycles. The monoisotopic (exact) mass is 624 g/mol. The standard InChI is InChI=1S/C39H77NO4/c1-3-5-7-9-11-13-15-16-17-18-19-20-21-22-23-24-26-28-30-32-34-38(43)39(44)40-36(35-41)37(42)33-31-29-27-25-14-12-10-8-6-4-2/h31,33,36-38,41-43H,3-30,32,34-35H2,1-2H3,(H,40,44)/b33-31+. The van der Waals surface area contributed by atoms with E-state index in [4.69, 9.17) is 0 Å². The van der Waals surface area contributed by atoms with Gasteiger partial charge in [-0.3, -0.25) is 4.79 Å². The van der Waals surface area contributed by atoms with Crippen molar-refractivity contribution in [3.8, 4) is 0 Å². The van der Waals surface area contributed by atoms with E-state index in [2.05, 4.69) is 19.2 Å². The third kappa shape index (κ3) is 29.8. The average molecular weight is 624 g/mol. The number of carbonyl (C=O) groups is 1. The van der Waals surface area contributed by atoms with Gasteiger partial charge in [0.05, 0.1) is 18.8 Å². The number of unbranched alkanes of at least 4 members (excludes halogenated alkanes) is 27. The molecule has 0 saturated heterocycles. The van der Waals surface area contributed by atoms with Crippen molar-refractivity contribution in [1.82, 2.24) is 5.32 Å². The number of amides is 1. The van der Waals surface area contributed by atoms with Gasteiger partial charge in [0.1, 0.15) is 6.10 Å². The number of carbonyl (C=O) groups excluding carboxylic acids is 1. The van der Waals surface area contributed by atoms with Crippen LogP contribution < -0.4 is 5.32 Å². The molecule has 4 N–H and O–H groups in total. The van der Waals surface area contributed by atoms with Gasteiger partial charge in [-0.2, -0.15) is 0 Å². The van der Waals surface area contributed by atoms with E-state index in [9.17, 15) is 20.1 Å². The average Bonchev–Trinajstić information content (AvgIpc) is 3.03. The first-order valence-electron chi connectivity index (χ1n) is 19.5. The molecule has 44 heavy (non-hydrogen) atoms. The summed E-state index contributed by atoms with van der Waals surface area (Å²) in [6.45, 7) is 4.16. The second-order valence-electron chi connectivity index (χ2n) is 13.5. The highest BCUT2D eigenvalue weighted by atomic mass is 16.3. The number of rotatable bonds is 35. The van der Waals surface area contributed by atoms with Gasteiger partial charge < -0.3 is 20.6 Å². The van der Waals surface area contributed by atoms with Gasteiger partial charge in [-0.25, -0.2) is 0 Å². The Morgan fingerprint density at radius 1 is 0.545 bits per heavy atom. The molecule has 5 nitrogen and oxygen atoms in total. The lowest BCUT2D eigenvalue weighted by Gasteiger charge is -2.21. The molecule has 0 aromatic heterocycles. The van der Waals surface area contributed by atoms with Gasteiger partial charge in [-0.05, 0) is 19.3 Å². The zero-order valence-corrected chi connectivity index (χ0v) is 29.6. The van der Waals surface area contributed by atoms with Gasteiger partial charge in [0.15, 0.2) is 0 Å². The first-order chi connectivity index (χ1) is 21.6. The topological polar surface area (TPSA) is 89.8 Å². The van der Waals surface area contributed by atoms with Crippen molar-refractivity contribution in [3.63, 3.8) is 0 Å².